The Labute approximate surface area is 169 Å². The highest BCUT2D eigenvalue weighted by atomic mass is 35.5. The molecule has 0 radical (unpaired) electrons. The summed E-state index contributed by atoms with van der Waals surface area (Å²) in [5.41, 5.74) is -0.530. The molecular weight excluding hydrogens is 373 g/mol. The first-order valence-electron chi connectivity index (χ1n) is 9.42. The number of halogens is 2. The molecular formula is C18H33Cl2N5O. The summed E-state index contributed by atoms with van der Waals surface area (Å²) >= 11 is 0. The Morgan fingerprint density at radius 1 is 1.27 bits per heavy atom. The van der Waals surface area contributed by atoms with Gasteiger partial charge in [-0.1, -0.05) is 19.3 Å². The lowest BCUT2D eigenvalue weighted by Gasteiger charge is -2.37. The largest absolute Gasteiger partial charge is 0.353 e. The maximum atomic E-state index is 13.0. The van der Waals surface area contributed by atoms with Crippen LogP contribution in [0.25, 0.3) is 0 Å². The number of aromatic nitrogens is 2. The fraction of sp³-hybridized carbons (Fsp3) is 0.778. The zero-order valence-corrected chi connectivity index (χ0v) is 17.3. The standard InChI is InChI=1S/C18H31N5O.2ClH/c1-22(16-6-3-2-4-7-16)15-13-20-17(24)18(8-11-19-12-9-18)23-14-5-10-21-23;;/h5,10,14,16,19H,2-4,6-9,11-13,15H2,1H3,(H,20,24);2*1H. The van der Waals surface area contributed by atoms with Crippen molar-refractivity contribution in [1.29, 1.82) is 0 Å². The third-order valence-corrected chi connectivity index (χ3v) is 5.74. The molecule has 150 valence electrons. The Morgan fingerprint density at radius 3 is 2.58 bits per heavy atom. The number of carbonyl (C=O) groups excluding carboxylic acids is 1. The van der Waals surface area contributed by atoms with Gasteiger partial charge < -0.3 is 15.5 Å². The fourth-order valence-corrected chi connectivity index (χ4v) is 4.14. The van der Waals surface area contributed by atoms with Crippen molar-refractivity contribution in [1.82, 2.24) is 25.3 Å². The molecule has 6 nitrogen and oxygen atoms in total. The van der Waals surface area contributed by atoms with E-state index in [1.165, 1.54) is 32.1 Å². The summed E-state index contributed by atoms with van der Waals surface area (Å²) in [7, 11) is 2.19. The van der Waals surface area contributed by atoms with Crippen LogP contribution in [0.15, 0.2) is 18.5 Å². The Kier molecular flexibility index (Phi) is 9.93. The van der Waals surface area contributed by atoms with E-state index in [-0.39, 0.29) is 30.7 Å². The molecule has 2 heterocycles. The second-order valence-electron chi connectivity index (χ2n) is 7.26. The van der Waals surface area contributed by atoms with Crippen molar-refractivity contribution in [3.63, 3.8) is 0 Å². The molecule has 26 heavy (non-hydrogen) atoms. The maximum Gasteiger partial charge on any atom is 0.248 e. The number of nitrogens with zero attached hydrogens (tertiary/aromatic N) is 3. The molecule has 1 aliphatic carbocycles. The van der Waals surface area contributed by atoms with Gasteiger partial charge in [0.1, 0.15) is 5.54 Å². The van der Waals surface area contributed by atoms with Gasteiger partial charge >= 0.3 is 0 Å². The van der Waals surface area contributed by atoms with E-state index in [4.69, 9.17) is 0 Å². The maximum absolute atomic E-state index is 13.0. The molecule has 0 atom stereocenters. The zero-order chi connectivity index (χ0) is 16.8. The number of likely N-dealkylation sites (N-methyl/N-ethyl adjacent to an activating group) is 1. The third kappa shape index (κ3) is 5.35. The van der Waals surface area contributed by atoms with Gasteiger partial charge in [0.25, 0.3) is 0 Å². The zero-order valence-electron chi connectivity index (χ0n) is 15.7. The van der Waals surface area contributed by atoms with E-state index in [0.29, 0.717) is 12.6 Å². The van der Waals surface area contributed by atoms with Crippen molar-refractivity contribution in [3.8, 4) is 0 Å². The van der Waals surface area contributed by atoms with E-state index in [2.05, 4.69) is 27.7 Å². The van der Waals surface area contributed by atoms with Crippen molar-refractivity contribution in [2.24, 2.45) is 0 Å². The minimum absolute atomic E-state index is 0. The molecule has 8 heteroatoms. The average Bonchev–Trinajstić information content (AvgIpc) is 3.18. The Morgan fingerprint density at radius 2 is 1.96 bits per heavy atom. The first-order valence-corrected chi connectivity index (χ1v) is 9.42. The summed E-state index contributed by atoms with van der Waals surface area (Å²) in [5.74, 6) is 0.116. The van der Waals surface area contributed by atoms with Crippen LogP contribution in [0.3, 0.4) is 0 Å². The van der Waals surface area contributed by atoms with E-state index in [9.17, 15) is 4.79 Å². The van der Waals surface area contributed by atoms with Crippen molar-refractivity contribution in [2.75, 3.05) is 33.2 Å². The number of rotatable bonds is 6. The van der Waals surface area contributed by atoms with Crippen LogP contribution in [0, 0.1) is 0 Å². The highest BCUT2D eigenvalue weighted by molar-refractivity contribution is 5.85. The highest BCUT2D eigenvalue weighted by Crippen LogP contribution is 2.27. The van der Waals surface area contributed by atoms with Gasteiger partial charge in [0.15, 0.2) is 0 Å². The van der Waals surface area contributed by atoms with Crippen molar-refractivity contribution in [2.45, 2.75) is 56.5 Å². The lowest BCUT2D eigenvalue weighted by molar-refractivity contribution is -0.132. The van der Waals surface area contributed by atoms with E-state index in [1.807, 2.05) is 16.9 Å². The minimum atomic E-state index is -0.530. The van der Waals surface area contributed by atoms with Gasteiger partial charge in [-0.2, -0.15) is 5.10 Å². The van der Waals surface area contributed by atoms with Crippen molar-refractivity contribution in [3.05, 3.63) is 18.5 Å². The normalized spacial score (nSPS) is 20.1. The topological polar surface area (TPSA) is 62.2 Å². The van der Waals surface area contributed by atoms with Crippen molar-refractivity contribution < 1.29 is 4.79 Å². The van der Waals surface area contributed by atoms with Crippen molar-refractivity contribution >= 4 is 30.7 Å². The van der Waals surface area contributed by atoms with Gasteiger partial charge in [-0.25, -0.2) is 0 Å². The second-order valence-corrected chi connectivity index (χ2v) is 7.26. The number of carbonyl (C=O) groups is 1. The van der Waals surface area contributed by atoms with Crippen LogP contribution >= 0.6 is 24.8 Å². The molecule has 1 saturated carbocycles. The van der Waals surface area contributed by atoms with E-state index in [0.717, 1.165) is 32.5 Å². The van der Waals surface area contributed by atoms with Gasteiger partial charge in [-0.05, 0) is 51.9 Å². The summed E-state index contributed by atoms with van der Waals surface area (Å²) in [6.45, 7) is 3.34. The molecule has 2 fully saturated rings. The summed E-state index contributed by atoms with van der Waals surface area (Å²) < 4.78 is 1.86. The fourth-order valence-electron chi connectivity index (χ4n) is 4.14. The van der Waals surface area contributed by atoms with Crippen LogP contribution in [0.1, 0.15) is 44.9 Å². The van der Waals surface area contributed by atoms with E-state index >= 15 is 0 Å². The monoisotopic (exact) mass is 405 g/mol. The molecule has 1 saturated heterocycles. The summed E-state index contributed by atoms with van der Waals surface area (Å²) in [4.78, 5) is 15.4. The van der Waals surface area contributed by atoms with Crippen LogP contribution in [0.2, 0.25) is 0 Å². The predicted octanol–water partition coefficient (Wildman–Crippen LogP) is 2.19. The smallest absolute Gasteiger partial charge is 0.248 e. The molecule has 1 aromatic heterocycles. The Hall–Kier alpha value is -0.820. The number of piperidine rings is 1. The summed E-state index contributed by atoms with van der Waals surface area (Å²) in [6.07, 6.45) is 11.9. The minimum Gasteiger partial charge on any atom is -0.353 e. The SMILES string of the molecule is CN(CCNC(=O)C1(n2cccn2)CCNCC1)C1CCCCC1.Cl.Cl. The summed E-state index contributed by atoms with van der Waals surface area (Å²) in [6, 6.07) is 2.59. The Bertz CT molecular complexity index is 514. The van der Waals surface area contributed by atoms with Crippen LogP contribution < -0.4 is 10.6 Å². The Balaban J connectivity index is 0.00000169. The van der Waals surface area contributed by atoms with E-state index < -0.39 is 5.54 Å². The second kappa shape index (κ2) is 11.1. The molecule has 3 rings (SSSR count). The van der Waals surface area contributed by atoms with Crippen LogP contribution in [-0.4, -0.2) is 59.9 Å². The number of hydrogen-bond acceptors (Lipinski definition) is 4. The van der Waals surface area contributed by atoms with Gasteiger partial charge in [-0.3, -0.25) is 9.48 Å². The highest BCUT2D eigenvalue weighted by Gasteiger charge is 2.41. The first kappa shape index (κ1) is 23.2. The number of amides is 1. The van der Waals surface area contributed by atoms with Gasteiger partial charge in [0.05, 0.1) is 0 Å². The van der Waals surface area contributed by atoms with Crippen LogP contribution in [0.4, 0.5) is 0 Å². The van der Waals surface area contributed by atoms with E-state index in [1.54, 1.807) is 6.20 Å². The molecule has 1 amide bonds. The number of hydrogen-bond donors (Lipinski definition) is 2. The molecule has 1 aromatic rings. The quantitative estimate of drug-likeness (QED) is 0.761. The molecule has 0 aromatic carbocycles. The lowest BCUT2D eigenvalue weighted by Crippen LogP contribution is -2.55. The number of nitrogens with one attached hydrogen (secondary N) is 2. The molecule has 2 aliphatic rings. The van der Waals surface area contributed by atoms with Crippen LogP contribution in [0.5, 0.6) is 0 Å². The average molecular weight is 406 g/mol. The molecule has 0 unspecified atom stereocenters. The lowest BCUT2D eigenvalue weighted by atomic mass is 9.87. The molecule has 0 bridgehead atoms. The summed E-state index contributed by atoms with van der Waals surface area (Å²) in [5, 5.41) is 10.9. The van der Waals surface area contributed by atoms with Gasteiger partial charge in [0, 0.05) is 31.5 Å². The third-order valence-electron chi connectivity index (χ3n) is 5.74. The molecule has 0 spiro atoms. The predicted molar refractivity (Wildman–Crippen MR) is 109 cm³/mol. The first-order chi connectivity index (χ1) is 11.7. The van der Waals surface area contributed by atoms with Crippen LogP contribution in [-0.2, 0) is 10.3 Å². The van der Waals surface area contributed by atoms with Gasteiger partial charge in [-0.15, -0.1) is 24.8 Å². The molecule has 1 aliphatic heterocycles. The molecule has 2 N–H and O–H groups in total. The van der Waals surface area contributed by atoms with Gasteiger partial charge in [0.2, 0.25) is 5.91 Å².